The van der Waals surface area contributed by atoms with E-state index in [4.69, 9.17) is 4.74 Å². The van der Waals surface area contributed by atoms with Crippen molar-refractivity contribution in [1.82, 2.24) is 0 Å². The first-order valence-electron chi connectivity index (χ1n) is 10.7. The highest BCUT2D eigenvalue weighted by atomic mass is 19.4. The third-order valence-corrected chi connectivity index (χ3v) is 5.90. The molecule has 0 aliphatic carbocycles. The monoisotopic (exact) mass is 468 g/mol. The highest BCUT2D eigenvalue weighted by molar-refractivity contribution is 6.08. The fraction of sp³-hybridized carbons (Fsp3) is 0.231. The lowest BCUT2D eigenvalue weighted by molar-refractivity contribution is -0.171. The van der Waals surface area contributed by atoms with Crippen LogP contribution in [0.15, 0.2) is 78.9 Å². The minimum absolute atomic E-state index is 0.128. The van der Waals surface area contributed by atoms with Crippen molar-refractivity contribution in [2.45, 2.75) is 31.6 Å². The zero-order valence-electron chi connectivity index (χ0n) is 18.6. The van der Waals surface area contributed by atoms with Gasteiger partial charge in [0.1, 0.15) is 5.75 Å². The van der Waals surface area contributed by atoms with E-state index in [2.05, 4.69) is 0 Å². The highest BCUT2D eigenvalue weighted by Crippen LogP contribution is 2.44. The van der Waals surface area contributed by atoms with Crippen LogP contribution in [0.1, 0.15) is 35.3 Å². The van der Waals surface area contributed by atoms with Crippen LogP contribution < -0.4 is 14.5 Å². The second kappa shape index (κ2) is 9.21. The van der Waals surface area contributed by atoms with Gasteiger partial charge in [0, 0.05) is 23.0 Å². The van der Waals surface area contributed by atoms with Gasteiger partial charge in [-0.3, -0.25) is 14.5 Å². The molecule has 1 heterocycles. The number of hydrogen-bond donors (Lipinski definition) is 0. The number of methoxy groups -OCH3 is 1. The average Bonchev–Trinajstić information content (AvgIpc) is 2.84. The molecule has 176 valence electrons. The van der Waals surface area contributed by atoms with Gasteiger partial charge in [0.15, 0.2) is 0 Å². The summed E-state index contributed by atoms with van der Waals surface area (Å²) in [5.74, 6) is -1.73. The van der Waals surface area contributed by atoms with E-state index in [1.165, 1.54) is 19.2 Å². The van der Waals surface area contributed by atoms with Crippen molar-refractivity contribution in [2.24, 2.45) is 0 Å². The molecule has 2 atom stereocenters. The van der Waals surface area contributed by atoms with Gasteiger partial charge in [0.2, 0.25) is 0 Å². The van der Waals surface area contributed by atoms with Crippen LogP contribution in [0.5, 0.6) is 5.75 Å². The molecule has 0 aromatic heterocycles. The van der Waals surface area contributed by atoms with Gasteiger partial charge in [0.05, 0.1) is 13.2 Å². The zero-order valence-corrected chi connectivity index (χ0v) is 18.6. The number of para-hydroxylation sites is 2. The Morgan fingerprint density at radius 1 is 0.971 bits per heavy atom. The van der Waals surface area contributed by atoms with Gasteiger partial charge in [-0.05, 0) is 55.3 Å². The van der Waals surface area contributed by atoms with Crippen molar-refractivity contribution >= 4 is 23.2 Å². The van der Waals surface area contributed by atoms with Crippen molar-refractivity contribution in [3.8, 4) is 5.75 Å². The van der Waals surface area contributed by atoms with Crippen LogP contribution in [0.4, 0.5) is 24.5 Å². The third-order valence-electron chi connectivity index (χ3n) is 5.90. The predicted molar refractivity (Wildman–Crippen MR) is 123 cm³/mol. The molecule has 0 N–H and O–H groups in total. The SMILES string of the molecule is COc1cccc(C(=O)N2c3ccccc3[C@@H](N(C(=O)C(F)(F)F)c3ccccc3)C[C@H]2C)c1. The second-order valence-electron chi connectivity index (χ2n) is 8.07. The highest BCUT2D eigenvalue weighted by Gasteiger charge is 2.48. The Bertz CT molecular complexity index is 1200. The number of ether oxygens (including phenoxy) is 1. The number of hydrogen-bond acceptors (Lipinski definition) is 3. The minimum Gasteiger partial charge on any atom is -0.497 e. The maximum atomic E-state index is 13.6. The normalized spacial score (nSPS) is 17.6. The molecule has 3 aromatic carbocycles. The summed E-state index contributed by atoms with van der Waals surface area (Å²) in [5.41, 5.74) is 1.48. The lowest BCUT2D eigenvalue weighted by Gasteiger charge is -2.43. The summed E-state index contributed by atoms with van der Waals surface area (Å²) < 4.78 is 46.2. The molecule has 34 heavy (non-hydrogen) atoms. The molecule has 4 rings (SSSR count). The van der Waals surface area contributed by atoms with Crippen molar-refractivity contribution in [3.05, 3.63) is 90.0 Å². The smallest absolute Gasteiger partial charge is 0.471 e. The molecule has 8 heteroatoms. The topological polar surface area (TPSA) is 49.9 Å². The fourth-order valence-electron chi connectivity index (χ4n) is 4.39. The Balaban J connectivity index is 1.81. The molecular formula is C26H23F3N2O3. The number of fused-ring (bicyclic) bond motifs is 1. The standard InChI is InChI=1S/C26H23F3N2O3/c1-17-15-23(31(25(33)26(27,28)29)19-10-4-3-5-11-19)21-13-6-7-14-22(21)30(17)24(32)18-9-8-12-20(16-18)34-2/h3-14,16-17,23H,15H2,1-2H3/t17-,23+/m1/s1. The maximum Gasteiger partial charge on any atom is 0.471 e. The van der Waals surface area contributed by atoms with E-state index in [1.54, 1.807) is 78.6 Å². The van der Waals surface area contributed by atoms with Gasteiger partial charge in [-0.2, -0.15) is 13.2 Å². The van der Waals surface area contributed by atoms with E-state index in [9.17, 15) is 22.8 Å². The lowest BCUT2D eigenvalue weighted by atomic mass is 9.89. The number of rotatable bonds is 4. The summed E-state index contributed by atoms with van der Waals surface area (Å²) in [6, 6.07) is 19.9. The van der Waals surface area contributed by atoms with Gasteiger partial charge in [-0.15, -0.1) is 0 Å². The van der Waals surface area contributed by atoms with Gasteiger partial charge >= 0.3 is 12.1 Å². The average molecular weight is 468 g/mol. The van der Waals surface area contributed by atoms with E-state index in [1.807, 2.05) is 0 Å². The molecule has 1 aliphatic rings. The number of anilines is 2. The van der Waals surface area contributed by atoms with Crippen LogP contribution in [-0.2, 0) is 4.79 Å². The molecule has 0 saturated carbocycles. The largest absolute Gasteiger partial charge is 0.497 e. The summed E-state index contributed by atoms with van der Waals surface area (Å²) >= 11 is 0. The van der Waals surface area contributed by atoms with Crippen LogP contribution in [0.3, 0.4) is 0 Å². The molecule has 1 aliphatic heterocycles. The van der Waals surface area contributed by atoms with Crippen molar-refractivity contribution in [2.75, 3.05) is 16.9 Å². The van der Waals surface area contributed by atoms with Gasteiger partial charge in [0.25, 0.3) is 5.91 Å². The minimum atomic E-state index is -5.05. The van der Waals surface area contributed by atoms with Crippen molar-refractivity contribution in [3.63, 3.8) is 0 Å². The number of carbonyl (C=O) groups excluding carboxylic acids is 2. The number of nitrogens with zero attached hydrogens (tertiary/aromatic N) is 2. The first kappa shape index (κ1) is 23.4. The van der Waals surface area contributed by atoms with Gasteiger partial charge in [-0.1, -0.05) is 42.5 Å². The van der Waals surface area contributed by atoms with Crippen LogP contribution in [0, 0.1) is 0 Å². The number of carbonyl (C=O) groups is 2. The number of amides is 2. The molecule has 0 unspecified atom stereocenters. The summed E-state index contributed by atoms with van der Waals surface area (Å²) in [5, 5.41) is 0. The number of halogens is 3. The fourth-order valence-corrected chi connectivity index (χ4v) is 4.39. The zero-order chi connectivity index (χ0) is 24.5. The first-order valence-corrected chi connectivity index (χ1v) is 10.7. The maximum absolute atomic E-state index is 13.6. The first-order chi connectivity index (χ1) is 16.2. The Hall–Kier alpha value is -3.81. The summed E-state index contributed by atoms with van der Waals surface area (Å²) in [7, 11) is 1.50. The van der Waals surface area contributed by atoms with Gasteiger partial charge < -0.3 is 9.64 Å². The number of benzene rings is 3. The lowest BCUT2D eigenvalue weighted by Crippen LogP contribution is -2.50. The molecule has 0 spiro atoms. The summed E-state index contributed by atoms with van der Waals surface area (Å²) in [6.07, 6.45) is -4.93. The third kappa shape index (κ3) is 4.35. The molecule has 0 saturated heterocycles. The molecule has 5 nitrogen and oxygen atoms in total. The van der Waals surface area contributed by atoms with Crippen LogP contribution in [-0.4, -0.2) is 31.1 Å². The Kier molecular flexibility index (Phi) is 6.32. The van der Waals surface area contributed by atoms with Crippen LogP contribution in [0.25, 0.3) is 0 Å². The molecule has 2 amide bonds. The van der Waals surface area contributed by atoms with Gasteiger partial charge in [-0.25, -0.2) is 0 Å². The second-order valence-corrected chi connectivity index (χ2v) is 8.07. The Morgan fingerprint density at radius 3 is 2.32 bits per heavy atom. The Morgan fingerprint density at radius 2 is 1.65 bits per heavy atom. The van der Waals surface area contributed by atoms with E-state index >= 15 is 0 Å². The molecule has 3 aromatic rings. The molecule has 0 fully saturated rings. The Labute approximate surface area is 195 Å². The van der Waals surface area contributed by atoms with E-state index < -0.39 is 24.2 Å². The molecule has 0 bridgehead atoms. The predicted octanol–water partition coefficient (Wildman–Crippen LogP) is 5.77. The molecular weight excluding hydrogens is 445 g/mol. The van der Waals surface area contributed by atoms with E-state index in [0.717, 1.165) is 4.90 Å². The summed E-state index contributed by atoms with van der Waals surface area (Å²) in [4.78, 5) is 28.5. The van der Waals surface area contributed by atoms with Crippen molar-refractivity contribution in [1.29, 1.82) is 0 Å². The van der Waals surface area contributed by atoms with Crippen LogP contribution >= 0.6 is 0 Å². The van der Waals surface area contributed by atoms with E-state index in [-0.39, 0.29) is 18.0 Å². The summed E-state index contributed by atoms with van der Waals surface area (Å²) in [6.45, 7) is 1.77. The molecule has 0 radical (unpaired) electrons. The van der Waals surface area contributed by atoms with Crippen LogP contribution in [0.2, 0.25) is 0 Å². The van der Waals surface area contributed by atoms with Crippen molar-refractivity contribution < 1.29 is 27.5 Å². The van der Waals surface area contributed by atoms with E-state index in [0.29, 0.717) is 22.6 Å². The quantitative estimate of drug-likeness (QED) is 0.489. The number of alkyl halides is 3.